The fourth-order valence-electron chi connectivity index (χ4n) is 1.37. The smallest absolute Gasteiger partial charge is 0.280 e. The molecule has 0 radical (unpaired) electrons. The molecular weight excluding hydrogens is 210 g/mol. The average Bonchev–Trinajstić information content (AvgIpc) is 2.62. The van der Waals surface area contributed by atoms with E-state index in [9.17, 15) is 4.79 Å². The minimum Gasteiger partial charge on any atom is -0.392 e. The molecule has 0 spiro atoms. The second-order valence-electron chi connectivity index (χ2n) is 3.17. The number of H-pyrrole nitrogens is 1. The number of aromatic nitrogens is 4. The Kier molecular flexibility index (Phi) is 2.69. The largest absolute Gasteiger partial charge is 0.392 e. The summed E-state index contributed by atoms with van der Waals surface area (Å²) in [5.41, 5.74) is 5.78. The Bertz CT molecular complexity index is 583. The maximum absolute atomic E-state index is 11.4. The lowest BCUT2D eigenvalue weighted by Gasteiger charge is -1.98. The first-order valence-electron chi connectivity index (χ1n) is 4.69. The molecule has 2 heterocycles. The second kappa shape index (κ2) is 4.15. The first-order valence-corrected chi connectivity index (χ1v) is 4.69. The predicted molar refractivity (Wildman–Crippen MR) is 58.8 cm³/mol. The number of imidazole rings is 1. The van der Waals surface area contributed by atoms with Crippen LogP contribution in [0.3, 0.4) is 0 Å². The Balaban J connectivity index is 2.47. The van der Waals surface area contributed by atoms with Crippen molar-refractivity contribution in [3.8, 4) is 0 Å². The Hall–Kier alpha value is -2.15. The molecule has 84 valence electrons. The van der Waals surface area contributed by atoms with Gasteiger partial charge in [-0.05, 0) is 0 Å². The first kappa shape index (κ1) is 10.4. The molecule has 0 aliphatic heterocycles. The molecular formula is C9H11N5O2. The van der Waals surface area contributed by atoms with Gasteiger partial charge in [-0.15, -0.1) is 0 Å². The van der Waals surface area contributed by atoms with Gasteiger partial charge in [-0.2, -0.15) is 4.98 Å². The van der Waals surface area contributed by atoms with E-state index in [0.717, 1.165) is 0 Å². The van der Waals surface area contributed by atoms with Crippen LogP contribution in [0.2, 0.25) is 0 Å². The number of allylic oxidation sites excluding steroid dienone is 1. The number of nitrogen functional groups attached to an aromatic ring is 1. The van der Waals surface area contributed by atoms with Crippen molar-refractivity contribution in [2.45, 2.75) is 6.54 Å². The summed E-state index contributed by atoms with van der Waals surface area (Å²) in [4.78, 5) is 21.7. The van der Waals surface area contributed by atoms with Gasteiger partial charge in [-0.3, -0.25) is 9.78 Å². The average molecular weight is 221 g/mol. The van der Waals surface area contributed by atoms with Crippen molar-refractivity contribution in [2.75, 3.05) is 12.3 Å². The van der Waals surface area contributed by atoms with Crippen LogP contribution in [-0.2, 0) is 6.54 Å². The highest BCUT2D eigenvalue weighted by atomic mass is 16.2. The highest BCUT2D eigenvalue weighted by Gasteiger charge is 2.07. The number of hydrogen-bond acceptors (Lipinski definition) is 5. The quantitative estimate of drug-likeness (QED) is 0.591. The van der Waals surface area contributed by atoms with E-state index in [1.54, 1.807) is 16.7 Å². The lowest BCUT2D eigenvalue weighted by atomic mass is 10.5. The Morgan fingerprint density at radius 2 is 2.38 bits per heavy atom. The Labute approximate surface area is 90.3 Å². The van der Waals surface area contributed by atoms with Crippen molar-refractivity contribution in [3.05, 3.63) is 28.8 Å². The molecule has 2 rings (SSSR count). The Morgan fingerprint density at radius 3 is 3.12 bits per heavy atom. The van der Waals surface area contributed by atoms with Gasteiger partial charge >= 0.3 is 0 Å². The molecule has 0 bridgehead atoms. The molecule has 7 nitrogen and oxygen atoms in total. The molecule has 0 aliphatic rings. The number of aliphatic hydroxyl groups excluding tert-OH is 1. The highest BCUT2D eigenvalue weighted by molar-refractivity contribution is 5.70. The normalized spacial score (nSPS) is 11.6. The number of nitrogens with one attached hydrogen (secondary N) is 1. The molecule has 0 atom stereocenters. The van der Waals surface area contributed by atoms with Gasteiger partial charge < -0.3 is 15.4 Å². The third kappa shape index (κ3) is 1.80. The summed E-state index contributed by atoms with van der Waals surface area (Å²) >= 11 is 0. The van der Waals surface area contributed by atoms with E-state index in [1.165, 1.54) is 6.33 Å². The monoisotopic (exact) mass is 221 g/mol. The van der Waals surface area contributed by atoms with Crippen LogP contribution < -0.4 is 11.3 Å². The Morgan fingerprint density at radius 1 is 1.56 bits per heavy atom. The van der Waals surface area contributed by atoms with Crippen LogP contribution in [0.15, 0.2) is 23.3 Å². The van der Waals surface area contributed by atoms with Crippen LogP contribution in [0, 0.1) is 0 Å². The van der Waals surface area contributed by atoms with Gasteiger partial charge in [0.25, 0.3) is 5.56 Å². The number of aliphatic hydroxyl groups is 1. The van der Waals surface area contributed by atoms with Gasteiger partial charge in [-0.25, -0.2) is 4.98 Å². The molecule has 0 saturated carbocycles. The summed E-state index contributed by atoms with van der Waals surface area (Å²) in [6.45, 7) is 0.454. The summed E-state index contributed by atoms with van der Waals surface area (Å²) < 4.78 is 1.67. The molecule has 2 aromatic rings. The number of hydrogen-bond donors (Lipinski definition) is 3. The van der Waals surface area contributed by atoms with Gasteiger partial charge in [0, 0.05) is 6.54 Å². The first-order chi connectivity index (χ1) is 7.72. The van der Waals surface area contributed by atoms with E-state index in [2.05, 4.69) is 15.0 Å². The van der Waals surface area contributed by atoms with Gasteiger partial charge in [-0.1, -0.05) is 12.2 Å². The van der Waals surface area contributed by atoms with Crippen LogP contribution in [-0.4, -0.2) is 31.2 Å². The molecule has 4 N–H and O–H groups in total. The van der Waals surface area contributed by atoms with E-state index in [-0.39, 0.29) is 23.6 Å². The van der Waals surface area contributed by atoms with Gasteiger partial charge in [0.2, 0.25) is 5.95 Å². The lowest BCUT2D eigenvalue weighted by molar-refractivity contribution is 0.342. The number of aromatic amines is 1. The number of nitrogens with zero attached hydrogens (tertiary/aromatic N) is 3. The molecule has 0 fully saturated rings. The molecule has 0 unspecified atom stereocenters. The minimum absolute atomic E-state index is 0.0250. The van der Waals surface area contributed by atoms with E-state index in [4.69, 9.17) is 10.8 Å². The van der Waals surface area contributed by atoms with Gasteiger partial charge in [0.1, 0.15) is 0 Å². The van der Waals surface area contributed by atoms with Crippen LogP contribution in [0.4, 0.5) is 5.95 Å². The van der Waals surface area contributed by atoms with Crippen LogP contribution >= 0.6 is 0 Å². The third-order valence-electron chi connectivity index (χ3n) is 2.07. The number of anilines is 1. The summed E-state index contributed by atoms with van der Waals surface area (Å²) in [5, 5.41) is 8.59. The summed E-state index contributed by atoms with van der Waals surface area (Å²) in [6.07, 6.45) is 4.86. The van der Waals surface area contributed by atoms with Crippen molar-refractivity contribution in [2.24, 2.45) is 0 Å². The van der Waals surface area contributed by atoms with E-state index in [1.807, 2.05) is 0 Å². The van der Waals surface area contributed by atoms with E-state index in [0.29, 0.717) is 12.2 Å². The minimum atomic E-state index is -0.354. The van der Waals surface area contributed by atoms with Crippen LogP contribution in [0.25, 0.3) is 11.2 Å². The van der Waals surface area contributed by atoms with Crippen molar-refractivity contribution in [1.82, 2.24) is 19.5 Å². The van der Waals surface area contributed by atoms with Gasteiger partial charge in [0.15, 0.2) is 11.2 Å². The van der Waals surface area contributed by atoms with Gasteiger partial charge in [0.05, 0.1) is 12.9 Å². The van der Waals surface area contributed by atoms with Crippen molar-refractivity contribution in [1.29, 1.82) is 0 Å². The molecule has 0 aliphatic carbocycles. The zero-order valence-corrected chi connectivity index (χ0v) is 8.42. The summed E-state index contributed by atoms with van der Waals surface area (Å²) in [7, 11) is 0. The van der Waals surface area contributed by atoms with E-state index >= 15 is 0 Å². The zero-order chi connectivity index (χ0) is 11.5. The van der Waals surface area contributed by atoms with Crippen LogP contribution in [0.1, 0.15) is 0 Å². The second-order valence-corrected chi connectivity index (χ2v) is 3.17. The molecule has 0 amide bonds. The van der Waals surface area contributed by atoms with E-state index < -0.39 is 0 Å². The van der Waals surface area contributed by atoms with Crippen molar-refractivity contribution < 1.29 is 5.11 Å². The maximum Gasteiger partial charge on any atom is 0.280 e. The predicted octanol–water partition coefficient (Wildman–Crippen LogP) is -0.750. The fraction of sp³-hybridized carbons (Fsp3) is 0.222. The fourth-order valence-corrected chi connectivity index (χ4v) is 1.37. The summed E-state index contributed by atoms with van der Waals surface area (Å²) in [5.74, 6) is 0.0605. The van der Waals surface area contributed by atoms with Crippen molar-refractivity contribution >= 4 is 17.1 Å². The number of fused-ring (bicyclic) bond motifs is 1. The topological polar surface area (TPSA) is 110 Å². The SMILES string of the molecule is Nc1nc2c(ncn2C/C=C/CO)c(=O)[nH]1. The third-order valence-corrected chi connectivity index (χ3v) is 2.07. The highest BCUT2D eigenvalue weighted by Crippen LogP contribution is 2.05. The molecule has 0 saturated heterocycles. The standard InChI is InChI=1S/C9H11N5O2/c10-9-12-7-6(8(16)13-9)11-5-14(7)3-1-2-4-15/h1-2,5,15H,3-4H2,(H3,10,12,13,16)/b2-1+. The molecule has 2 aromatic heterocycles. The zero-order valence-electron chi connectivity index (χ0n) is 8.42. The van der Waals surface area contributed by atoms with Crippen LogP contribution in [0.5, 0.6) is 0 Å². The maximum atomic E-state index is 11.4. The lowest BCUT2D eigenvalue weighted by Crippen LogP contribution is -2.12. The molecule has 16 heavy (non-hydrogen) atoms. The summed E-state index contributed by atoms with van der Waals surface area (Å²) in [6, 6.07) is 0. The number of rotatable bonds is 3. The number of nitrogens with two attached hydrogens (primary N) is 1. The van der Waals surface area contributed by atoms with Crippen molar-refractivity contribution in [3.63, 3.8) is 0 Å². The molecule has 0 aromatic carbocycles. The molecule has 7 heteroatoms.